The number of ether oxygens (including phenoxy) is 1. The van der Waals surface area contributed by atoms with Gasteiger partial charge in [0.25, 0.3) is 5.91 Å². The van der Waals surface area contributed by atoms with Crippen molar-refractivity contribution in [1.82, 2.24) is 4.90 Å². The van der Waals surface area contributed by atoms with Crippen molar-refractivity contribution >= 4 is 23.3 Å². The Labute approximate surface area is 157 Å². The van der Waals surface area contributed by atoms with Crippen LogP contribution in [-0.2, 0) is 4.79 Å². The van der Waals surface area contributed by atoms with Crippen molar-refractivity contribution in [2.75, 3.05) is 13.6 Å². The highest BCUT2D eigenvalue weighted by Crippen LogP contribution is 2.18. The molecule has 0 saturated heterocycles. The molecule has 0 fully saturated rings. The number of rotatable bonds is 7. The Bertz CT molecular complexity index is 810. The fraction of sp³-hybridized carbons (Fsp3) is 0.250. The topological polar surface area (TPSA) is 70.4 Å². The van der Waals surface area contributed by atoms with Crippen molar-refractivity contribution < 1.29 is 14.3 Å². The van der Waals surface area contributed by atoms with Crippen LogP contribution >= 0.6 is 11.6 Å². The van der Waals surface area contributed by atoms with Gasteiger partial charge in [-0.3, -0.25) is 9.59 Å². The predicted molar refractivity (Wildman–Crippen MR) is 99.3 cm³/mol. The molecule has 0 aliphatic heterocycles. The molecule has 0 saturated carbocycles. The Kier molecular flexibility index (Phi) is 6.76. The molecule has 0 N–H and O–H groups in total. The maximum atomic E-state index is 12.4. The lowest BCUT2D eigenvalue weighted by Gasteiger charge is -2.21. The molecule has 0 radical (unpaired) electrons. The zero-order chi connectivity index (χ0) is 19.1. The summed E-state index contributed by atoms with van der Waals surface area (Å²) in [5.41, 5.74) is 1.07. The first-order valence-corrected chi connectivity index (χ1v) is 8.49. The average Bonchev–Trinajstić information content (AvgIpc) is 2.66. The fourth-order valence-corrected chi connectivity index (χ4v) is 2.47. The summed E-state index contributed by atoms with van der Waals surface area (Å²) in [4.78, 5) is 26.1. The first-order chi connectivity index (χ1) is 12.4. The van der Waals surface area contributed by atoms with Crippen molar-refractivity contribution in [3.63, 3.8) is 0 Å². The maximum Gasteiger partial charge on any atom is 0.263 e. The molecule has 0 bridgehead atoms. The van der Waals surface area contributed by atoms with Gasteiger partial charge >= 0.3 is 0 Å². The number of carbonyl (C=O) groups is 2. The molecule has 0 heterocycles. The van der Waals surface area contributed by atoms with E-state index in [0.29, 0.717) is 28.4 Å². The van der Waals surface area contributed by atoms with Gasteiger partial charge in [0.1, 0.15) is 5.75 Å². The molecule has 0 unspecified atom stereocenters. The highest BCUT2D eigenvalue weighted by atomic mass is 35.5. The van der Waals surface area contributed by atoms with Gasteiger partial charge in [0, 0.05) is 29.7 Å². The molecule has 2 aromatic carbocycles. The third kappa shape index (κ3) is 5.08. The van der Waals surface area contributed by atoms with E-state index in [0.717, 1.165) is 0 Å². The molecule has 5 nitrogen and oxygen atoms in total. The summed E-state index contributed by atoms with van der Waals surface area (Å²) in [7, 11) is 1.63. The summed E-state index contributed by atoms with van der Waals surface area (Å²) >= 11 is 5.83. The minimum atomic E-state index is -0.684. The number of ketones is 1. The molecular weight excluding hydrogens is 352 g/mol. The Morgan fingerprint density at radius 2 is 1.65 bits per heavy atom. The van der Waals surface area contributed by atoms with Gasteiger partial charge in [-0.15, -0.1) is 0 Å². The highest BCUT2D eigenvalue weighted by Gasteiger charge is 2.19. The summed E-state index contributed by atoms with van der Waals surface area (Å²) in [5, 5.41) is 9.16. The molecule has 0 aliphatic rings. The molecule has 6 heteroatoms. The highest BCUT2D eigenvalue weighted by molar-refractivity contribution is 6.30. The molecule has 1 amide bonds. The number of benzene rings is 2. The number of amides is 1. The van der Waals surface area contributed by atoms with Gasteiger partial charge in [0.2, 0.25) is 0 Å². The number of likely N-dealkylation sites (N-methyl/N-ethyl adjacent to an activating group) is 1. The zero-order valence-corrected chi connectivity index (χ0v) is 15.4. The standard InChI is InChI=1S/C20H19ClN2O3/c1-14(20(25)23(2)13-3-12-22)26-18-10-6-16(7-11-18)19(24)15-4-8-17(21)9-5-15/h4-11,14H,3,13H2,1-2H3/t14-/m0/s1. The van der Waals surface area contributed by atoms with Crippen LogP contribution in [0.5, 0.6) is 5.75 Å². The molecular formula is C20H19ClN2O3. The molecule has 1 atom stereocenters. The molecule has 2 rings (SSSR count). The van der Waals surface area contributed by atoms with Gasteiger partial charge in [-0.1, -0.05) is 11.6 Å². The minimum Gasteiger partial charge on any atom is -0.481 e. The molecule has 0 aromatic heterocycles. The minimum absolute atomic E-state index is 0.117. The number of carbonyl (C=O) groups excluding carboxylic acids is 2. The summed E-state index contributed by atoms with van der Waals surface area (Å²) in [6, 6.07) is 15.3. The van der Waals surface area contributed by atoms with Crippen molar-refractivity contribution in [1.29, 1.82) is 5.26 Å². The quantitative estimate of drug-likeness (QED) is 0.696. The largest absolute Gasteiger partial charge is 0.481 e. The lowest BCUT2D eigenvalue weighted by molar-refractivity contribution is -0.136. The maximum absolute atomic E-state index is 12.4. The Hall–Kier alpha value is -2.84. The second-order valence-electron chi connectivity index (χ2n) is 5.79. The third-order valence-corrected chi connectivity index (χ3v) is 4.07. The van der Waals surface area contributed by atoms with Crippen LogP contribution in [0.15, 0.2) is 48.5 Å². The van der Waals surface area contributed by atoms with Crippen molar-refractivity contribution in [2.45, 2.75) is 19.4 Å². The Balaban J connectivity index is 2.00. The van der Waals surface area contributed by atoms with E-state index in [-0.39, 0.29) is 18.1 Å². The van der Waals surface area contributed by atoms with Crippen LogP contribution in [0.25, 0.3) is 0 Å². The van der Waals surface area contributed by atoms with Gasteiger partial charge < -0.3 is 9.64 Å². The first-order valence-electron chi connectivity index (χ1n) is 8.11. The number of hydrogen-bond donors (Lipinski definition) is 0. The Morgan fingerprint density at radius 3 is 2.19 bits per heavy atom. The summed E-state index contributed by atoms with van der Waals surface area (Å²) in [6.45, 7) is 2.01. The summed E-state index contributed by atoms with van der Waals surface area (Å²) in [5.74, 6) is 0.169. The van der Waals surface area contributed by atoms with E-state index in [1.807, 2.05) is 6.07 Å². The van der Waals surface area contributed by atoms with Gasteiger partial charge in [-0.25, -0.2) is 0 Å². The predicted octanol–water partition coefficient (Wildman–Crippen LogP) is 3.71. The van der Waals surface area contributed by atoms with E-state index in [2.05, 4.69) is 0 Å². The zero-order valence-electron chi connectivity index (χ0n) is 14.6. The van der Waals surface area contributed by atoms with Gasteiger partial charge in [-0.2, -0.15) is 5.26 Å². The van der Waals surface area contributed by atoms with E-state index in [1.165, 1.54) is 4.90 Å². The molecule has 26 heavy (non-hydrogen) atoms. The second-order valence-corrected chi connectivity index (χ2v) is 6.22. The number of nitriles is 1. The van der Waals surface area contributed by atoms with E-state index in [9.17, 15) is 9.59 Å². The third-order valence-electron chi connectivity index (χ3n) is 3.82. The SMILES string of the molecule is C[C@H](Oc1ccc(C(=O)c2ccc(Cl)cc2)cc1)C(=O)N(C)CCC#N. The Morgan fingerprint density at radius 1 is 1.12 bits per heavy atom. The number of nitrogens with zero attached hydrogens (tertiary/aromatic N) is 2. The fourth-order valence-electron chi connectivity index (χ4n) is 2.35. The normalized spacial score (nSPS) is 11.3. The van der Waals surface area contributed by atoms with E-state index in [4.69, 9.17) is 21.6 Å². The van der Waals surface area contributed by atoms with Crippen LogP contribution in [0.4, 0.5) is 0 Å². The smallest absolute Gasteiger partial charge is 0.263 e. The van der Waals surface area contributed by atoms with Crippen LogP contribution in [0.3, 0.4) is 0 Å². The van der Waals surface area contributed by atoms with Crippen LogP contribution in [-0.4, -0.2) is 36.3 Å². The van der Waals surface area contributed by atoms with E-state index in [1.54, 1.807) is 62.5 Å². The molecule has 134 valence electrons. The lowest BCUT2D eigenvalue weighted by atomic mass is 10.0. The van der Waals surface area contributed by atoms with Crippen molar-refractivity contribution in [3.05, 3.63) is 64.7 Å². The van der Waals surface area contributed by atoms with E-state index >= 15 is 0 Å². The average molecular weight is 371 g/mol. The van der Waals surface area contributed by atoms with Gasteiger partial charge in [0.05, 0.1) is 12.5 Å². The first kappa shape index (κ1) is 19.5. The number of halogens is 1. The summed E-state index contributed by atoms with van der Waals surface area (Å²) < 4.78 is 5.63. The monoisotopic (exact) mass is 370 g/mol. The molecule has 0 aliphatic carbocycles. The molecule has 0 spiro atoms. The molecule has 2 aromatic rings. The van der Waals surface area contributed by atoms with Crippen LogP contribution < -0.4 is 4.74 Å². The van der Waals surface area contributed by atoms with Gasteiger partial charge in [-0.05, 0) is 55.5 Å². The van der Waals surface area contributed by atoms with Crippen molar-refractivity contribution in [3.8, 4) is 11.8 Å². The number of hydrogen-bond acceptors (Lipinski definition) is 4. The van der Waals surface area contributed by atoms with Crippen molar-refractivity contribution in [2.24, 2.45) is 0 Å². The lowest BCUT2D eigenvalue weighted by Crippen LogP contribution is -2.38. The van der Waals surface area contributed by atoms with Gasteiger partial charge in [0.15, 0.2) is 11.9 Å². The second kappa shape index (κ2) is 9.02. The van der Waals surface area contributed by atoms with Crippen LogP contribution in [0.1, 0.15) is 29.3 Å². The van der Waals surface area contributed by atoms with E-state index < -0.39 is 6.10 Å². The summed E-state index contributed by atoms with van der Waals surface area (Å²) in [6.07, 6.45) is -0.410. The van der Waals surface area contributed by atoms with Crippen LogP contribution in [0, 0.1) is 11.3 Å². The van der Waals surface area contributed by atoms with Crippen LogP contribution in [0.2, 0.25) is 5.02 Å².